The summed E-state index contributed by atoms with van der Waals surface area (Å²) in [5.74, 6) is -0.227. The highest BCUT2D eigenvalue weighted by molar-refractivity contribution is 7.80. The molecular weight excluding hydrogens is 883 g/mol. The van der Waals surface area contributed by atoms with Gasteiger partial charge < -0.3 is 35.2 Å². The molecule has 1 heterocycles. The Morgan fingerprint density at radius 2 is 0.941 bits per heavy atom. The number of nitrogens with one attached hydrogen (secondary N) is 1. The molecule has 0 bridgehead atoms. The zero-order chi connectivity index (χ0) is 49.8. The van der Waals surface area contributed by atoms with Gasteiger partial charge >= 0.3 is 10.4 Å². The number of aliphatic hydroxyl groups is 4. The van der Waals surface area contributed by atoms with Crippen LogP contribution in [-0.4, -0.2) is 95.4 Å². The maximum Gasteiger partial charge on any atom is 0.397 e. The van der Waals surface area contributed by atoms with Crippen molar-refractivity contribution in [2.45, 2.75) is 320 Å². The lowest BCUT2D eigenvalue weighted by atomic mass is 9.99. The SMILES string of the molecule is CCCCCCCCCCCCCC/C=C\CCCCCCCCCCCCCCCCC(=O)NC(COC1OC(CO)C(O)C(OS(=O)(=O)O)C1O)C(O)CCCCCCCCCCCCC. The molecule has 0 radical (unpaired) electrons. The van der Waals surface area contributed by atoms with Gasteiger partial charge in [0.2, 0.25) is 5.91 Å². The Bertz CT molecular complexity index is 1260. The fraction of sp³-hybridized carbons (Fsp3) is 0.945. The van der Waals surface area contributed by atoms with E-state index in [1.54, 1.807) is 0 Å². The Kier molecular flexibility index (Phi) is 43.6. The number of aliphatic hydroxyl groups excluding tert-OH is 4. The quantitative estimate of drug-likeness (QED) is 0.0193. The number of unbranched alkanes of at least 4 members (excludes halogenated alkanes) is 36. The van der Waals surface area contributed by atoms with Crippen LogP contribution in [0.25, 0.3) is 0 Å². The molecule has 7 atom stereocenters. The first-order valence-electron chi connectivity index (χ1n) is 28.6. The van der Waals surface area contributed by atoms with E-state index in [1.165, 1.54) is 199 Å². The zero-order valence-electron chi connectivity index (χ0n) is 43.7. The Hall–Kier alpha value is -1.16. The van der Waals surface area contributed by atoms with Gasteiger partial charge in [0.05, 0.1) is 25.4 Å². The number of carbonyl (C=O) groups excluding carboxylic acids is 1. The van der Waals surface area contributed by atoms with Crippen LogP contribution in [0.2, 0.25) is 0 Å². The van der Waals surface area contributed by atoms with E-state index in [-0.39, 0.29) is 12.5 Å². The zero-order valence-corrected chi connectivity index (χ0v) is 44.5. The summed E-state index contributed by atoms with van der Waals surface area (Å²) < 4.78 is 47.8. The summed E-state index contributed by atoms with van der Waals surface area (Å²) in [5, 5.41) is 44.9. The molecule has 1 fully saturated rings. The molecule has 404 valence electrons. The minimum Gasteiger partial charge on any atom is -0.394 e. The van der Waals surface area contributed by atoms with Gasteiger partial charge in [-0.15, -0.1) is 0 Å². The van der Waals surface area contributed by atoms with Gasteiger partial charge in [-0.3, -0.25) is 9.35 Å². The van der Waals surface area contributed by atoms with E-state index in [1.807, 2.05) is 0 Å². The molecule has 1 amide bonds. The monoisotopic (exact) mass is 990 g/mol. The van der Waals surface area contributed by atoms with E-state index in [0.29, 0.717) is 12.8 Å². The fourth-order valence-electron chi connectivity index (χ4n) is 9.40. The van der Waals surface area contributed by atoms with Gasteiger partial charge in [0.15, 0.2) is 6.29 Å². The first-order valence-corrected chi connectivity index (χ1v) is 29.9. The molecule has 0 spiro atoms. The van der Waals surface area contributed by atoms with Gasteiger partial charge in [-0.25, -0.2) is 4.18 Å². The second-order valence-electron chi connectivity index (χ2n) is 20.2. The number of amides is 1. The minimum absolute atomic E-state index is 0.227. The molecule has 68 heavy (non-hydrogen) atoms. The van der Waals surface area contributed by atoms with Gasteiger partial charge in [0, 0.05) is 6.42 Å². The number of rotatable bonds is 50. The predicted octanol–water partition coefficient (Wildman–Crippen LogP) is 13.1. The number of hydrogen-bond acceptors (Lipinski definition) is 10. The van der Waals surface area contributed by atoms with Gasteiger partial charge in [0.1, 0.15) is 24.4 Å². The first-order chi connectivity index (χ1) is 33.0. The standard InChI is InChI=1S/C55H107NO11S/c1-3-5-7-9-11-13-15-16-17-18-19-20-21-22-23-24-25-26-27-28-29-30-31-32-33-35-37-39-41-43-45-51(59)56-48(49(58)44-42-40-38-36-34-14-12-10-8-6-4-2)47-65-55-53(61)54(67-68(62,63)64)52(60)50(46-57)66-55/h22-23,48-50,52-55,57-58,60-61H,3-21,24-47H2,1-2H3,(H,56,59)(H,62,63,64)/b23-22-. The average molecular weight is 991 g/mol. The second-order valence-corrected chi connectivity index (χ2v) is 21.3. The van der Waals surface area contributed by atoms with Crippen molar-refractivity contribution in [2.24, 2.45) is 0 Å². The number of carbonyl (C=O) groups is 1. The molecule has 1 rings (SSSR count). The summed E-state index contributed by atoms with van der Waals surface area (Å²) in [7, 11) is -5.08. The third-order valence-corrected chi connectivity index (χ3v) is 14.3. The molecule has 12 nitrogen and oxygen atoms in total. The van der Waals surface area contributed by atoms with Crippen LogP contribution in [0.4, 0.5) is 0 Å². The normalized spacial score (nSPS) is 19.8. The van der Waals surface area contributed by atoms with E-state index in [0.717, 1.165) is 51.4 Å². The first kappa shape index (κ1) is 64.9. The molecule has 1 saturated heterocycles. The molecular formula is C55H107NO11S. The van der Waals surface area contributed by atoms with Crippen LogP contribution in [0, 0.1) is 0 Å². The highest BCUT2D eigenvalue weighted by atomic mass is 32.3. The van der Waals surface area contributed by atoms with E-state index in [4.69, 9.17) is 9.47 Å². The summed E-state index contributed by atoms with van der Waals surface area (Å²) in [6, 6.07) is -0.854. The molecule has 0 saturated carbocycles. The van der Waals surface area contributed by atoms with Gasteiger partial charge in [-0.2, -0.15) is 8.42 Å². The highest BCUT2D eigenvalue weighted by Crippen LogP contribution is 2.26. The Morgan fingerprint density at radius 1 is 0.574 bits per heavy atom. The molecule has 6 N–H and O–H groups in total. The largest absolute Gasteiger partial charge is 0.397 e. The minimum atomic E-state index is -5.08. The van der Waals surface area contributed by atoms with Crippen LogP contribution in [0.3, 0.4) is 0 Å². The van der Waals surface area contributed by atoms with Gasteiger partial charge in [0.25, 0.3) is 0 Å². The third-order valence-electron chi connectivity index (χ3n) is 13.8. The van der Waals surface area contributed by atoms with Gasteiger partial charge in [-0.05, 0) is 38.5 Å². The van der Waals surface area contributed by atoms with Crippen molar-refractivity contribution in [3.05, 3.63) is 12.2 Å². The van der Waals surface area contributed by atoms with Crippen molar-refractivity contribution in [3.8, 4) is 0 Å². The maximum absolute atomic E-state index is 13.1. The molecule has 1 aliphatic rings. The lowest BCUT2D eigenvalue weighted by Crippen LogP contribution is -2.61. The lowest BCUT2D eigenvalue weighted by Gasteiger charge is -2.41. The van der Waals surface area contributed by atoms with Crippen molar-refractivity contribution in [1.29, 1.82) is 0 Å². The van der Waals surface area contributed by atoms with Crippen LogP contribution in [0.5, 0.6) is 0 Å². The van der Waals surface area contributed by atoms with Crippen molar-refractivity contribution in [2.75, 3.05) is 13.2 Å². The van der Waals surface area contributed by atoms with Crippen molar-refractivity contribution in [3.63, 3.8) is 0 Å². The Morgan fingerprint density at radius 3 is 1.32 bits per heavy atom. The lowest BCUT2D eigenvalue weighted by molar-refractivity contribution is -0.298. The fourth-order valence-corrected chi connectivity index (χ4v) is 9.91. The third kappa shape index (κ3) is 37.6. The molecule has 0 aromatic carbocycles. The Labute approximate surface area is 417 Å². The van der Waals surface area contributed by atoms with Crippen molar-refractivity contribution < 1.29 is 51.8 Å². The number of allylic oxidation sites excluding steroid dienone is 2. The summed E-state index contributed by atoms with van der Waals surface area (Å²) in [4.78, 5) is 13.1. The smallest absolute Gasteiger partial charge is 0.394 e. The van der Waals surface area contributed by atoms with E-state index < -0.39 is 59.9 Å². The predicted molar refractivity (Wildman–Crippen MR) is 278 cm³/mol. The summed E-state index contributed by atoms with van der Waals surface area (Å²) in [6.07, 6.45) is 45.3. The number of ether oxygens (including phenoxy) is 2. The van der Waals surface area contributed by atoms with Crippen LogP contribution in [-0.2, 0) is 28.9 Å². The summed E-state index contributed by atoms with van der Waals surface area (Å²) in [5.41, 5.74) is 0. The van der Waals surface area contributed by atoms with Crippen LogP contribution < -0.4 is 5.32 Å². The van der Waals surface area contributed by atoms with E-state index in [2.05, 4.69) is 35.5 Å². The van der Waals surface area contributed by atoms with Crippen LogP contribution in [0.15, 0.2) is 12.2 Å². The second kappa shape index (κ2) is 45.7. The maximum atomic E-state index is 13.1. The van der Waals surface area contributed by atoms with Crippen molar-refractivity contribution >= 4 is 16.3 Å². The van der Waals surface area contributed by atoms with Crippen LogP contribution in [0.1, 0.15) is 277 Å². The topological polar surface area (TPSA) is 192 Å². The summed E-state index contributed by atoms with van der Waals surface area (Å²) in [6.45, 7) is 3.46. The highest BCUT2D eigenvalue weighted by Gasteiger charge is 2.48. The molecule has 7 unspecified atom stereocenters. The molecule has 0 aliphatic carbocycles. The Balaban J connectivity index is 2.23. The summed E-state index contributed by atoms with van der Waals surface area (Å²) >= 11 is 0. The molecule has 13 heteroatoms. The number of hydrogen-bond donors (Lipinski definition) is 6. The van der Waals surface area contributed by atoms with E-state index in [9.17, 15) is 38.2 Å². The van der Waals surface area contributed by atoms with E-state index >= 15 is 0 Å². The average Bonchev–Trinajstić information content (AvgIpc) is 3.31. The molecule has 1 aliphatic heterocycles. The van der Waals surface area contributed by atoms with Gasteiger partial charge in [-0.1, -0.05) is 244 Å². The van der Waals surface area contributed by atoms with Crippen molar-refractivity contribution in [1.82, 2.24) is 5.32 Å². The molecule has 0 aromatic rings. The van der Waals surface area contributed by atoms with Crippen LogP contribution >= 0.6 is 0 Å². The molecule has 0 aromatic heterocycles.